The van der Waals surface area contributed by atoms with Crippen molar-refractivity contribution in [1.29, 1.82) is 5.26 Å². The smallest absolute Gasteiger partial charge is 0.227 e. The van der Waals surface area contributed by atoms with E-state index in [2.05, 4.69) is 17.5 Å². The SMILES string of the molecule is N#CC1=C(SCC(N)=O)NC(c2cccs2)=CC1c1cccs1. The molecular weight excluding hydrogens is 346 g/mol. The summed E-state index contributed by atoms with van der Waals surface area (Å²) in [7, 11) is 0. The van der Waals surface area contributed by atoms with Crippen molar-refractivity contribution >= 4 is 46.0 Å². The van der Waals surface area contributed by atoms with Gasteiger partial charge in [0.15, 0.2) is 0 Å². The first-order valence-electron chi connectivity index (χ1n) is 6.80. The third kappa shape index (κ3) is 3.50. The lowest BCUT2D eigenvalue weighted by atomic mass is 9.95. The maximum Gasteiger partial charge on any atom is 0.227 e. The van der Waals surface area contributed by atoms with Crippen molar-refractivity contribution in [1.82, 2.24) is 5.32 Å². The molecule has 1 atom stereocenters. The molecule has 23 heavy (non-hydrogen) atoms. The molecule has 3 N–H and O–H groups in total. The molecule has 116 valence electrons. The molecule has 7 heteroatoms. The fraction of sp³-hybridized carbons (Fsp3) is 0.125. The van der Waals surface area contributed by atoms with E-state index in [1.165, 1.54) is 11.8 Å². The number of primary amides is 1. The van der Waals surface area contributed by atoms with Crippen molar-refractivity contribution in [2.45, 2.75) is 5.92 Å². The Hall–Kier alpha value is -2.01. The van der Waals surface area contributed by atoms with Crippen LogP contribution < -0.4 is 11.1 Å². The molecule has 2 aromatic rings. The molecule has 0 bridgehead atoms. The second-order valence-corrected chi connectivity index (χ2v) is 7.70. The molecule has 1 aliphatic rings. The van der Waals surface area contributed by atoms with Crippen LogP contribution in [0.3, 0.4) is 0 Å². The summed E-state index contributed by atoms with van der Waals surface area (Å²) in [5.41, 5.74) is 6.84. The van der Waals surface area contributed by atoms with E-state index in [0.29, 0.717) is 10.6 Å². The molecule has 3 heterocycles. The maximum atomic E-state index is 11.1. The molecule has 0 fully saturated rings. The lowest BCUT2D eigenvalue weighted by molar-refractivity contribution is -0.115. The molecule has 0 spiro atoms. The van der Waals surface area contributed by atoms with Crippen LogP contribution in [0.2, 0.25) is 0 Å². The number of nitrogens with one attached hydrogen (secondary N) is 1. The first kappa shape index (κ1) is 15.9. The average Bonchev–Trinajstić information content (AvgIpc) is 3.24. The number of hydrogen-bond acceptors (Lipinski definition) is 6. The van der Waals surface area contributed by atoms with E-state index in [-0.39, 0.29) is 11.7 Å². The summed E-state index contributed by atoms with van der Waals surface area (Å²) in [6.45, 7) is 0. The van der Waals surface area contributed by atoms with Crippen LogP contribution in [0.4, 0.5) is 0 Å². The van der Waals surface area contributed by atoms with Crippen LogP contribution in [0, 0.1) is 11.3 Å². The van der Waals surface area contributed by atoms with Gasteiger partial charge in [-0.2, -0.15) is 5.26 Å². The third-order valence-corrected chi connectivity index (χ3v) is 6.15. The number of allylic oxidation sites excluding steroid dienone is 2. The van der Waals surface area contributed by atoms with Gasteiger partial charge in [0.1, 0.15) is 0 Å². The highest BCUT2D eigenvalue weighted by Gasteiger charge is 2.26. The van der Waals surface area contributed by atoms with Gasteiger partial charge < -0.3 is 11.1 Å². The Kier molecular flexibility index (Phi) is 4.86. The zero-order valence-electron chi connectivity index (χ0n) is 12.0. The van der Waals surface area contributed by atoms with E-state index < -0.39 is 5.91 Å². The number of rotatable bonds is 5. The normalized spacial score (nSPS) is 17.3. The van der Waals surface area contributed by atoms with Crippen molar-refractivity contribution in [3.05, 3.63) is 61.5 Å². The van der Waals surface area contributed by atoms with E-state index in [0.717, 1.165) is 15.5 Å². The van der Waals surface area contributed by atoms with Gasteiger partial charge in [0.2, 0.25) is 5.91 Å². The highest BCUT2D eigenvalue weighted by atomic mass is 32.2. The molecule has 1 aliphatic heterocycles. The van der Waals surface area contributed by atoms with Crippen molar-refractivity contribution in [2.75, 3.05) is 5.75 Å². The highest BCUT2D eigenvalue weighted by molar-refractivity contribution is 8.03. The van der Waals surface area contributed by atoms with Gasteiger partial charge in [-0.05, 0) is 29.0 Å². The Morgan fingerprint density at radius 3 is 2.74 bits per heavy atom. The summed E-state index contributed by atoms with van der Waals surface area (Å²) < 4.78 is 0. The number of nitriles is 1. The van der Waals surface area contributed by atoms with Gasteiger partial charge in [-0.3, -0.25) is 4.79 Å². The van der Waals surface area contributed by atoms with Gasteiger partial charge in [0.05, 0.1) is 38.9 Å². The monoisotopic (exact) mass is 359 g/mol. The number of thiophene rings is 2. The van der Waals surface area contributed by atoms with Crippen molar-refractivity contribution < 1.29 is 4.79 Å². The second-order valence-electron chi connectivity index (χ2n) is 4.79. The van der Waals surface area contributed by atoms with Crippen LogP contribution in [0.5, 0.6) is 0 Å². The van der Waals surface area contributed by atoms with E-state index in [1.54, 1.807) is 22.7 Å². The van der Waals surface area contributed by atoms with Gasteiger partial charge in [-0.15, -0.1) is 22.7 Å². The number of nitrogens with two attached hydrogens (primary N) is 1. The molecule has 0 radical (unpaired) electrons. The number of carbonyl (C=O) groups excluding carboxylic acids is 1. The molecule has 1 unspecified atom stereocenters. The second kappa shape index (κ2) is 7.04. The summed E-state index contributed by atoms with van der Waals surface area (Å²) in [4.78, 5) is 13.3. The number of thioether (sulfide) groups is 1. The Morgan fingerprint density at radius 2 is 2.13 bits per heavy atom. The van der Waals surface area contributed by atoms with Crippen LogP contribution in [-0.2, 0) is 4.79 Å². The quantitative estimate of drug-likeness (QED) is 0.856. The predicted octanol–water partition coefficient (Wildman–Crippen LogP) is 3.49. The van der Waals surface area contributed by atoms with Gasteiger partial charge in [-0.25, -0.2) is 0 Å². The molecule has 0 aromatic carbocycles. The minimum Gasteiger partial charge on any atom is -0.369 e. The number of carbonyl (C=O) groups is 1. The van der Waals surface area contributed by atoms with Crippen LogP contribution >= 0.6 is 34.4 Å². The fourth-order valence-corrected chi connectivity index (χ4v) is 4.58. The minimum absolute atomic E-state index is 0.103. The standard InChI is InChI=1S/C16H13N3OS3/c17-8-11-10(13-3-1-5-21-13)7-12(14-4-2-6-22-14)19-16(11)23-9-15(18)20/h1-7,10,19H,9H2,(H2,18,20). The Bertz CT molecular complexity index is 798. The van der Waals surface area contributed by atoms with E-state index in [1.807, 2.05) is 35.0 Å². The summed E-state index contributed by atoms with van der Waals surface area (Å²) in [5, 5.41) is 17.6. The predicted molar refractivity (Wildman–Crippen MR) is 96.8 cm³/mol. The Balaban J connectivity index is 2.01. The zero-order chi connectivity index (χ0) is 16.2. The largest absolute Gasteiger partial charge is 0.369 e. The van der Waals surface area contributed by atoms with Crippen molar-refractivity contribution in [3.63, 3.8) is 0 Å². The molecule has 2 aromatic heterocycles. The minimum atomic E-state index is -0.401. The topological polar surface area (TPSA) is 78.9 Å². The van der Waals surface area contributed by atoms with Crippen molar-refractivity contribution in [3.8, 4) is 6.07 Å². The van der Waals surface area contributed by atoms with Crippen LogP contribution in [-0.4, -0.2) is 11.7 Å². The Labute approximate surface area is 146 Å². The molecule has 4 nitrogen and oxygen atoms in total. The Morgan fingerprint density at radius 1 is 1.35 bits per heavy atom. The highest BCUT2D eigenvalue weighted by Crippen LogP contribution is 2.39. The zero-order valence-corrected chi connectivity index (χ0v) is 14.4. The van der Waals surface area contributed by atoms with Gasteiger partial charge in [0.25, 0.3) is 0 Å². The number of amides is 1. The molecule has 3 rings (SSSR count). The van der Waals surface area contributed by atoms with E-state index in [4.69, 9.17) is 5.73 Å². The van der Waals surface area contributed by atoms with Crippen LogP contribution in [0.15, 0.2) is 51.7 Å². The molecule has 0 saturated heterocycles. The van der Waals surface area contributed by atoms with E-state index >= 15 is 0 Å². The number of hydrogen-bond donors (Lipinski definition) is 2. The summed E-state index contributed by atoms with van der Waals surface area (Å²) in [6.07, 6.45) is 2.07. The molecule has 0 saturated carbocycles. The molecule has 1 amide bonds. The van der Waals surface area contributed by atoms with Gasteiger partial charge >= 0.3 is 0 Å². The lowest BCUT2D eigenvalue weighted by Gasteiger charge is -2.24. The fourth-order valence-electron chi connectivity index (χ4n) is 2.27. The van der Waals surface area contributed by atoms with Gasteiger partial charge in [0, 0.05) is 4.88 Å². The maximum absolute atomic E-state index is 11.1. The first-order chi connectivity index (χ1) is 11.2. The lowest BCUT2D eigenvalue weighted by Crippen LogP contribution is -2.21. The average molecular weight is 360 g/mol. The number of dihydropyridines is 1. The van der Waals surface area contributed by atoms with Gasteiger partial charge in [-0.1, -0.05) is 23.9 Å². The summed E-state index contributed by atoms with van der Waals surface area (Å²) in [6, 6.07) is 10.3. The molecule has 0 aliphatic carbocycles. The van der Waals surface area contributed by atoms with Crippen LogP contribution in [0.1, 0.15) is 15.7 Å². The van der Waals surface area contributed by atoms with Crippen LogP contribution in [0.25, 0.3) is 5.70 Å². The van der Waals surface area contributed by atoms with Crippen molar-refractivity contribution in [2.24, 2.45) is 5.73 Å². The molecular formula is C16H13N3OS3. The summed E-state index contributed by atoms with van der Waals surface area (Å²) >= 11 is 4.53. The first-order valence-corrected chi connectivity index (χ1v) is 9.55. The number of nitrogens with zero attached hydrogens (tertiary/aromatic N) is 1. The third-order valence-electron chi connectivity index (χ3n) is 3.25. The summed E-state index contributed by atoms with van der Waals surface area (Å²) in [5.74, 6) is -0.363. The van der Waals surface area contributed by atoms with E-state index in [9.17, 15) is 10.1 Å².